The first-order valence-corrected chi connectivity index (χ1v) is 7.32. The molecule has 1 rings (SSSR count). The van der Waals surface area contributed by atoms with Crippen LogP contribution in [0.25, 0.3) is 0 Å². The molecule has 0 aromatic heterocycles. The van der Waals surface area contributed by atoms with Gasteiger partial charge in [-0.25, -0.2) is 13.2 Å². The number of aryl methyl sites for hydroxylation is 1. The SMILES string of the molecule is C=CCN(CC(=C)C(=O)O)S(=O)(=O)c1ccc(C)cc1. The number of rotatable bonds is 7. The standard InChI is InChI=1S/C14H17NO4S/c1-4-9-15(10-12(3)14(16)17)20(18,19)13-7-5-11(2)6-8-13/h4-8H,1,3,9-10H2,2H3,(H,16,17). The summed E-state index contributed by atoms with van der Waals surface area (Å²) < 4.78 is 25.9. The molecule has 1 N–H and O–H groups in total. The average molecular weight is 295 g/mol. The first-order chi connectivity index (χ1) is 9.28. The molecule has 1 aromatic carbocycles. The minimum atomic E-state index is -3.77. The van der Waals surface area contributed by atoms with Gasteiger partial charge in [0.2, 0.25) is 10.0 Å². The van der Waals surface area contributed by atoms with Gasteiger partial charge in [0, 0.05) is 18.7 Å². The van der Waals surface area contributed by atoms with Crippen molar-refractivity contribution < 1.29 is 18.3 Å². The molecular formula is C14H17NO4S. The van der Waals surface area contributed by atoms with Crippen LogP contribution in [0.2, 0.25) is 0 Å². The van der Waals surface area contributed by atoms with Crippen molar-refractivity contribution in [2.75, 3.05) is 13.1 Å². The van der Waals surface area contributed by atoms with E-state index in [0.29, 0.717) is 0 Å². The Morgan fingerprint density at radius 1 is 1.35 bits per heavy atom. The third-order valence-corrected chi connectivity index (χ3v) is 4.49. The van der Waals surface area contributed by atoms with E-state index in [1.165, 1.54) is 18.2 Å². The maximum atomic E-state index is 12.4. The molecule has 108 valence electrons. The number of carboxylic acids is 1. The Kier molecular flexibility index (Phi) is 5.24. The zero-order valence-corrected chi connectivity index (χ0v) is 12.1. The Hall–Kier alpha value is -1.92. The van der Waals surface area contributed by atoms with E-state index >= 15 is 0 Å². The summed E-state index contributed by atoms with van der Waals surface area (Å²) in [7, 11) is -3.77. The largest absolute Gasteiger partial charge is 0.478 e. The second-order valence-electron chi connectivity index (χ2n) is 4.31. The minimum Gasteiger partial charge on any atom is -0.478 e. The van der Waals surface area contributed by atoms with Gasteiger partial charge in [-0.1, -0.05) is 30.4 Å². The van der Waals surface area contributed by atoms with Gasteiger partial charge in [-0.3, -0.25) is 0 Å². The fourth-order valence-electron chi connectivity index (χ4n) is 1.53. The molecule has 0 aliphatic heterocycles. The third-order valence-electron chi connectivity index (χ3n) is 2.66. The van der Waals surface area contributed by atoms with E-state index in [4.69, 9.17) is 5.11 Å². The topological polar surface area (TPSA) is 74.7 Å². The normalized spacial score (nSPS) is 11.3. The molecule has 0 atom stereocenters. The maximum Gasteiger partial charge on any atom is 0.332 e. The number of carboxylic acid groups (broad SMARTS) is 1. The molecule has 0 unspecified atom stereocenters. The van der Waals surface area contributed by atoms with Gasteiger partial charge in [0.25, 0.3) is 0 Å². The second-order valence-corrected chi connectivity index (χ2v) is 6.25. The van der Waals surface area contributed by atoms with E-state index in [2.05, 4.69) is 13.2 Å². The highest BCUT2D eigenvalue weighted by Gasteiger charge is 2.25. The predicted octanol–water partition coefficient (Wildman–Crippen LogP) is 1.81. The van der Waals surface area contributed by atoms with Crippen LogP contribution in [0.4, 0.5) is 0 Å². The number of benzene rings is 1. The van der Waals surface area contributed by atoms with E-state index < -0.39 is 16.0 Å². The van der Waals surface area contributed by atoms with Crippen molar-refractivity contribution in [1.29, 1.82) is 0 Å². The Balaban J connectivity index is 3.11. The molecule has 0 bridgehead atoms. The summed E-state index contributed by atoms with van der Waals surface area (Å²) in [5, 5.41) is 8.82. The summed E-state index contributed by atoms with van der Waals surface area (Å²) in [5.74, 6) is -1.22. The maximum absolute atomic E-state index is 12.4. The molecule has 6 heteroatoms. The Morgan fingerprint density at radius 3 is 2.35 bits per heavy atom. The highest BCUT2D eigenvalue weighted by Crippen LogP contribution is 2.17. The van der Waals surface area contributed by atoms with E-state index in [0.717, 1.165) is 9.87 Å². The second kappa shape index (κ2) is 6.49. The summed E-state index contributed by atoms with van der Waals surface area (Å²) in [5.41, 5.74) is 0.747. The Labute approximate surface area is 118 Å². The Morgan fingerprint density at radius 2 is 1.90 bits per heavy atom. The van der Waals surface area contributed by atoms with Crippen LogP contribution in [-0.2, 0) is 14.8 Å². The first-order valence-electron chi connectivity index (χ1n) is 5.88. The number of aliphatic carboxylic acids is 1. The van der Waals surface area contributed by atoms with Crippen molar-refractivity contribution in [2.24, 2.45) is 0 Å². The molecule has 0 radical (unpaired) electrons. The molecule has 0 fully saturated rings. The van der Waals surface area contributed by atoms with Crippen molar-refractivity contribution >= 4 is 16.0 Å². The monoisotopic (exact) mass is 295 g/mol. The van der Waals surface area contributed by atoms with Crippen LogP contribution in [0.5, 0.6) is 0 Å². The summed E-state index contributed by atoms with van der Waals surface area (Å²) in [6.07, 6.45) is 1.40. The lowest BCUT2D eigenvalue weighted by Crippen LogP contribution is -2.34. The molecule has 20 heavy (non-hydrogen) atoms. The van der Waals surface area contributed by atoms with Gasteiger partial charge in [0.1, 0.15) is 0 Å². The van der Waals surface area contributed by atoms with Gasteiger partial charge in [-0.15, -0.1) is 6.58 Å². The number of sulfonamides is 1. The van der Waals surface area contributed by atoms with Gasteiger partial charge in [-0.2, -0.15) is 4.31 Å². The fourth-order valence-corrected chi connectivity index (χ4v) is 2.94. The van der Waals surface area contributed by atoms with Crippen LogP contribution < -0.4 is 0 Å². The Bertz CT molecular complexity index is 617. The van der Waals surface area contributed by atoms with Crippen LogP contribution in [0.3, 0.4) is 0 Å². The van der Waals surface area contributed by atoms with Crippen molar-refractivity contribution in [3.05, 3.63) is 54.6 Å². The highest BCUT2D eigenvalue weighted by molar-refractivity contribution is 7.89. The van der Waals surface area contributed by atoms with Gasteiger partial charge >= 0.3 is 5.97 Å². The van der Waals surface area contributed by atoms with Crippen LogP contribution in [0, 0.1) is 6.92 Å². The molecular weight excluding hydrogens is 278 g/mol. The zero-order chi connectivity index (χ0) is 15.3. The minimum absolute atomic E-state index is 0.0164. The van der Waals surface area contributed by atoms with Gasteiger partial charge in [0.15, 0.2) is 0 Å². The molecule has 0 heterocycles. The molecule has 0 aliphatic rings. The van der Waals surface area contributed by atoms with Gasteiger partial charge in [-0.05, 0) is 19.1 Å². The third kappa shape index (κ3) is 3.79. The highest BCUT2D eigenvalue weighted by atomic mass is 32.2. The molecule has 1 aromatic rings. The van der Waals surface area contributed by atoms with Crippen LogP contribution in [0.1, 0.15) is 5.56 Å². The zero-order valence-electron chi connectivity index (χ0n) is 11.2. The number of carbonyl (C=O) groups is 1. The van der Waals surface area contributed by atoms with E-state index in [9.17, 15) is 13.2 Å². The van der Waals surface area contributed by atoms with Crippen molar-refractivity contribution in [2.45, 2.75) is 11.8 Å². The van der Waals surface area contributed by atoms with E-state index in [1.54, 1.807) is 12.1 Å². The summed E-state index contributed by atoms with van der Waals surface area (Å²) in [6.45, 7) is 8.44. The van der Waals surface area contributed by atoms with Crippen LogP contribution in [0.15, 0.2) is 54.0 Å². The summed E-state index contributed by atoms with van der Waals surface area (Å²) in [4.78, 5) is 10.9. The summed E-state index contributed by atoms with van der Waals surface area (Å²) >= 11 is 0. The number of hydrogen-bond donors (Lipinski definition) is 1. The van der Waals surface area contributed by atoms with Crippen molar-refractivity contribution in [3.8, 4) is 0 Å². The molecule has 0 saturated carbocycles. The molecule has 0 spiro atoms. The van der Waals surface area contributed by atoms with Crippen molar-refractivity contribution in [1.82, 2.24) is 4.31 Å². The lowest BCUT2D eigenvalue weighted by atomic mass is 10.2. The van der Waals surface area contributed by atoms with Crippen molar-refractivity contribution in [3.63, 3.8) is 0 Å². The molecule has 0 aliphatic carbocycles. The van der Waals surface area contributed by atoms with Gasteiger partial charge in [0.05, 0.1) is 4.90 Å². The van der Waals surface area contributed by atoms with Crippen LogP contribution >= 0.6 is 0 Å². The predicted molar refractivity (Wildman–Crippen MR) is 76.9 cm³/mol. The van der Waals surface area contributed by atoms with E-state index in [-0.39, 0.29) is 23.6 Å². The summed E-state index contributed by atoms with van der Waals surface area (Å²) in [6, 6.07) is 6.35. The molecule has 0 saturated heterocycles. The van der Waals surface area contributed by atoms with Gasteiger partial charge < -0.3 is 5.11 Å². The lowest BCUT2D eigenvalue weighted by Gasteiger charge is -2.20. The smallest absolute Gasteiger partial charge is 0.332 e. The number of nitrogens with zero attached hydrogens (tertiary/aromatic N) is 1. The van der Waals surface area contributed by atoms with E-state index in [1.807, 2.05) is 6.92 Å². The quantitative estimate of drug-likeness (QED) is 0.615. The van der Waals surface area contributed by atoms with Crippen LogP contribution in [-0.4, -0.2) is 36.9 Å². The fraction of sp³-hybridized carbons (Fsp3) is 0.214. The number of hydrogen-bond acceptors (Lipinski definition) is 3. The first kappa shape index (κ1) is 16.1. The lowest BCUT2D eigenvalue weighted by molar-refractivity contribution is -0.132. The molecule has 0 amide bonds. The molecule has 5 nitrogen and oxygen atoms in total. The average Bonchev–Trinajstić information content (AvgIpc) is 2.38.